The summed E-state index contributed by atoms with van der Waals surface area (Å²) < 4.78 is 13.8. The Hall–Kier alpha value is -2.32. The van der Waals surface area contributed by atoms with Crippen LogP contribution in [0, 0.1) is 11.7 Å². The van der Waals surface area contributed by atoms with Gasteiger partial charge in [0.05, 0.1) is 6.54 Å². The number of carbonyl (C=O) groups excluding carboxylic acids is 2. The molecule has 148 valence electrons. The van der Waals surface area contributed by atoms with Crippen molar-refractivity contribution in [2.75, 3.05) is 25.0 Å². The molecule has 3 rings (SSSR count). The molecule has 8 heteroatoms. The zero-order valence-corrected chi connectivity index (χ0v) is 16.9. The van der Waals surface area contributed by atoms with Crippen molar-refractivity contribution in [2.45, 2.75) is 19.4 Å². The summed E-state index contributed by atoms with van der Waals surface area (Å²) in [5.74, 6) is 0.0548. The van der Waals surface area contributed by atoms with E-state index in [0.29, 0.717) is 44.8 Å². The summed E-state index contributed by atoms with van der Waals surface area (Å²) in [6, 6.07) is 9.64. The van der Waals surface area contributed by atoms with Gasteiger partial charge in [-0.1, -0.05) is 12.1 Å². The summed E-state index contributed by atoms with van der Waals surface area (Å²) in [6.07, 6.45) is 3.05. The lowest BCUT2D eigenvalue weighted by Crippen LogP contribution is -2.43. The second kappa shape index (κ2) is 9.75. The Kier molecular flexibility index (Phi) is 7.11. The van der Waals surface area contributed by atoms with Crippen LogP contribution in [0.5, 0.6) is 0 Å². The van der Waals surface area contributed by atoms with Gasteiger partial charge in [0.25, 0.3) is 0 Å². The standard InChI is InChI=1S/C20H22BrFN4O2/c21-16-3-6-18(23-12-16)25-20(28)15-7-9-26(10-8-15)13-19(27)24-11-14-1-4-17(22)5-2-14/h1-6,12,15H,7-11,13H2,(H,24,27)(H,23,25,28). The van der Waals surface area contributed by atoms with E-state index in [-0.39, 0.29) is 23.5 Å². The number of pyridine rings is 1. The van der Waals surface area contributed by atoms with Gasteiger partial charge >= 0.3 is 0 Å². The smallest absolute Gasteiger partial charge is 0.234 e. The highest BCUT2D eigenvalue weighted by molar-refractivity contribution is 9.10. The number of benzene rings is 1. The Morgan fingerprint density at radius 3 is 2.50 bits per heavy atom. The van der Waals surface area contributed by atoms with E-state index in [9.17, 15) is 14.0 Å². The Balaban J connectivity index is 1.38. The first-order chi connectivity index (χ1) is 13.5. The van der Waals surface area contributed by atoms with Gasteiger partial charge < -0.3 is 10.6 Å². The molecule has 1 fully saturated rings. The number of hydrogen-bond acceptors (Lipinski definition) is 4. The zero-order valence-electron chi connectivity index (χ0n) is 15.3. The third-order valence-electron chi connectivity index (χ3n) is 4.71. The van der Waals surface area contributed by atoms with Gasteiger partial charge in [-0.3, -0.25) is 14.5 Å². The second-order valence-corrected chi connectivity index (χ2v) is 7.72. The van der Waals surface area contributed by atoms with E-state index >= 15 is 0 Å². The Bertz CT molecular complexity index is 806. The highest BCUT2D eigenvalue weighted by Crippen LogP contribution is 2.19. The summed E-state index contributed by atoms with van der Waals surface area (Å²) in [6.45, 7) is 2.05. The minimum Gasteiger partial charge on any atom is -0.351 e. The number of aromatic nitrogens is 1. The zero-order chi connectivity index (χ0) is 19.9. The van der Waals surface area contributed by atoms with Crippen molar-refractivity contribution in [3.63, 3.8) is 0 Å². The summed E-state index contributed by atoms with van der Waals surface area (Å²) in [5.41, 5.74) is 0.853. The van der Waals surface area contributed by atoms with Crippen LogP contribution >= 0.6 is 15.9 Å². The molecule has 1 aromatic heterocycles. The first kappa shape index (κ1) is 20.4. The van der Waals surface area contributed by atoms with Gasteiger partial charge in [0.1, 0.15) is 11.6 Å². The predicted molar refractivity (Wildman–Crippen MR) is 108 cm³/mol. The lowest BCUT2D eigenvalue weighted by atomic mass is 9.96. The monoisotopic (exact) mass is 448 g/mol. The van der Waals surface area contributed by atoms with E-state index < -0.39 is 0 Å². The van der Waals surface area contributed by atoms with Crippen molar-refractivity contribution in [3.05, 3.63) is 58.4 Å². The molecule has 2 heterocycles. The number of halogens is 2. The first-order valence-corrected chi connectivity index (χ1v) is 9.95. The number of nitrogens with one attached hydrogen (secondary N) is 2. The van der Waals surface area contributed by atoms with Gasteiger partial charge in [0, 0.05) is 23.1 Å². The Labute approximate surface area is 171 Å². The Morgan fingerprint density at radius 2 is 1.86 bits per heavy atom. The second-order valence-electron chi connectivity index (χ2n) is 6.80. The van der Waals surface area contributed by atoms with Gasteiger partial charge in [0.2, 0.25) is 11.8 Å². The summed E-state index contributed by atoms with van der Waals surface area (Å²) in [7, 11) is 0. The van der Waals surface area contributed by atoms with Gasteiger partial charge in [0.15, 0.2) is 0 Å². The predicted octanol–water partition coefficient (Wildman–Crippen LogP) is 2.95. The SMILES string of the molecule is O=C(CN1CCC(C(=O)Nc2ccc(Br)cn2)CC1)NCc1ccc(F)cc1. The third kappa shape index (κ3) is 6.10. The summed E-state index contributed by atoms with van der Waals surface area (Å²) >= 11 is 3.31. The number of likely N-dealkylation sites (tertiary alicyclic amines) is 1. The molecular weight excluding hydrogens is 427 g/mol. The van der Waals surface area contributed by atoms with Crippen LogP contribution in [-0.4, -0.2) is 41.3 Å². The van der Waals surface area contributed by atoms with Crippen molar-refractivity contribution in [1.29, 1.82) is 0 Å². The molecule has 0 atom stereocenters. The minimum absolute atomic E-state index is 0.0322. The van der Waals surface area contributed by atoms with Crippen LogP contribution in [0.2, 0.25) is 0 Å². The molecule has 1 saturated heterocycles. The molecule has 28 heavy (non-hydrogen) atoms. The maximum atomic E-state index is 12.9. The molecule has 0 bridgehead atoms. The largest absolute Gasteiger partial charge is 0.351 e. The van der Waals surface area contributed by atoms with Crippen LogP contribution in [0.25, 0.3) is 0 Å². The minimum atomic E-state index is -0.294. The number of piperidine rings is 1. The Morgan fingerprint density at radius 1 is 1.14 bits per heavy atom. The number of rotatable bonds is 6. The number of anilines is 1. The van der Waals surface area contributed by atoms with Gasteiger partial charge in [-0.2, -0.15) is 0 Å². The molecule has 2 aromatic rings. The molecule has 0 radical (unpaired) electrons. The van der Waals surface area contributed by atoms with E-state index in [1.807, 2.05) is 11.0 Å². The lowest BCUT2D eigenvalue weighted by Gasteiger charge is -2.30. The number of carbonyl (C=O) groups is 2. The van der Waals surface area contributed by atoms with E-state index in [0.717, 1.165) is 10.0 Å². The quantitative estimate of drug-likeness (QED) is 0.712. The topological polar surface area (TPSA) is 74.3 Å². The van der Waals surface area contributed by atoms with E-state index in [2.05, 4.69) is 31.5 Å². The fraction of sp³-hybridized carbons (Fsp3) is 0.350. The molecule has 2 amide bonds. The van der Waals surface area contributed by atoms with Crippen LogP contribution in [0.3, 0.4) is 0 Å². The molecule has 1 aliphatic rings. The molecule has 0 spiro atoms. The van der Waals surface area contributed by atoms with E-state index in [4.69, 9.17) is 0 Å². The fourth-order valence-corrected chi connectivity index (χ4v) is 3.33. The van der Waals surface area contributed by atoms with Crippen LogP contribution in [-0.2, 0) is 16.1 Å². The third-order valence-corrected chi connectivity index (χ3v) is 5.18. The number of amides is 2. The van der Waals surface area contributed by atoms with Gasteiger partial charge in [-0.05, 0) is 71.7 Å². The molecule has 6 nitrogen and oxygen atoms in total. The normalized spacial score (nSPS) is 15.2. The average molecular weight is 449 g/mol. The van der Waals surface area contributed by atoms with Crippen molar-refractivity contribution >= 4 is 33.6 Å². The molecule has 0 aliphatic carbocycles. The summed E-state index contributed by atoms with van der Waals surface area (Å²) in [4.78, 5) is 30.7. The maximum Gasteiger partial charge on any atom is 0.234 e. The molecule has 2 N–H and O–H groups in total. The van der Waals surface area contributed by atoms with Crippen molar-refractivity contribution in [3.8, 4) is 0 Å². The molecular formula is C20H22BrFN4O2. The van der Waals surface area contributed by atoms with Crippen LogP contribution in [0.1, 0.15) is 18.4 Å². The van der Waals surface area contributed by atoms with Crippen LogP contribution < -0.4 is 10.6 Å². The molecule has 1 aromatic carbocycles. The van der Waals surface area contributed by atoms with Gasteiger partial charge in [-0.15, -0.1) is 0 Å². The molecule has 1 aliphatic heterocycles. The number of hydrogen-bond donors (Lipinski definition) is 2. The maximum absolute atomic E-state index is 12.9. The van der Waals surface area contributed by atoms with Crippen LogP contribution in [0.4, 0.5) is 10.2 Å². The first-order valence-electron chi connectivity index (χ1n) is 9.15. The average Bonchev–Trinajstić information content (AvgIpc) is 2.70. The van der Waals surface area contributed by atoms with Crippen molar-refractivity contribution < 1.29 is 14.0 Å². The highest BCUT2D eigenvalue weighted by Gasteiger charge is 2.26. The van der Waals surface area contributed by atoms with E-state index in [1.54, 1.807) is 24.4 Å². The molecule has 0 unspecified atom stereocenters. The van der Waals surface area contributed by atoms with Crippen molar-refractivity contribution in [2.24, 2.45) is 5.92 Å². The van der Waals surface area contributed by atoms with Crippen LogP contribution in [0.15, 0.2) is 47.1 Å². The van der Waals surface area contributed by atoms with Crippen molar-refractivity contribution in [1.82, 2.24) is 15.2 Å². The number of nitrogens with zero attached hydrogens (tertiary/aromatic N) is 2. The molecule has 0 saturated carbocycles. The van der Waals surface area contributed by atoms with Gasteiger partial charge in [-0.25, -0.2) is 9.37 Å². The van der Waals surface area contributed by atoms with E-state index in [1.165, 1.54) is 12.1 Å². The highest BCUT2D eigenvalue weighted by atomic mass is 79.9. The summed E-state index contributed by atoms with van der Waals surface area (Å²) in [5, 5.41) is 5.68. The fourth-order valence-electron chi connectivity index (χ4n) is 3.09. The lowest BCUT2D eigenvalue weighted by molar-refractivity contribution is -0.123.